The van der Waals surface area contributed by atoms with E-state index < -0.39 is 0 Å². The fourth-order valence-corrected chi connectivity index (χ4v) is 2.32. The molecule has 86 valence electrons. The van der Waals surface area contributed by atoms with Gasteiger partial charge in [-0.2, -0.15) is 0 Å². The van der Waals surface area contributed by atoms with E-state index in [-0.39, 0.29) is 5.91 Å². The van der Waals surface area contributed by atoms with E-state index in [4.69, 9.17) is 0 Å². The Kier molecular flexibility index (Phi) is 3.60. The number of hydrogen-bond acceptors (Lipinski definition) is 1. The van der Waals surface area contributed by atoms with Crippen LogP contribution >= 0.6 is 0 Å². The molecule has 1 unspecified atom stereocenters. The Balaban J connectivity index is 2.14. The number of amides is 1. The molecule has 1 aromatic carbocycles. The first-order chi connectivity index (χ1) is 7.79. The lowest BCUT2D eigenvalue weighted by atomic mass is 10.1. The molecule has 0 bridgehead atoms. The largest absolute Gasteiger partial charge is 0.336 e. The van der Waals surface area contributed by atoms with E-state index in [9.17, 15) is 4.79 Å². The van der Waals surface area contributed by atoms with Crippen LogP contribution in [-0.2, 0) is 0 Å². The van der Waals surface area contributed by atoms with Crippen LogP contribution in [-0.4, -0.2) is 23.4 Å². The molecule has 0 N–H and O–H groups in total. The Morgan fingerprint density at radius 1 is 1.19 bits per heavy atom. The summed E-state index contributed by atoms with van der Waals surface area (Å²) in [6.07, 6.45) is 4.78. The first kappa shape index (κ1) is 11.2. The topological polar surface area (TPSA) is 20.3 Å². The van der Waals surface area contributed by atoms with Crippen molar-refractivity contribution in [1.29, 1.82) is 0 Å². The molecule has 2 rings (SSSR count). The molecular formula is C14H19NO. The number of nitrogens with zero attached hydrogens (tertiary/aromatic N) is 1. The predicted molar refractivity (Wildman–Crippen MR) is 65.4 cm³/mol. The summed E-state index contributed by atoms with van der Waals surface area (Å²) < 4.78 is 0. The zero-order valence-electron chi connectivity index (χ0n) is 9.86. The van der Waals surface area contributed by atoms with E-state index in [0.29, 0.717) is 6.04 Å². The Morgan fingerprint density at radius 2 is 1.94 bits per heavy atom. The van der Waals surface area contributed by atoms with Gasteiger partial charge in [0.2, 0.25) is 0 Å². The number of likely N-dealkylation sites (tertiary alicyclic amines) is 1. The smallest absolute Gasteiger partial charge is 0.254 e. The third-order valence-corrected chi connectivity index (χ3v) is 3.33. The second-order valence-electron chi connectivity index (χ2n) is 4.56. The van der Waals surface area contributed by atoms with Crippen LogP contribution < -0.4 is 0 Å². The number of carbonyl (C=O) groups excluding carboxylic acids is 1. The molecule has 1 amide bonds. The molecule has 0 spiro atoms. The Bertz CT molecular complexity index is 347. The fraction of sp³-hybridized carbons (Fsp3) is 0.500. The third kappa shape index (κ3) is 2.43. The van der Waals surface area contributed by atoms with Crippen molar-refractivity contribution >= 4 is 5.91 Å². The molecule has 0 saturated carbocycles. The van der Waals surface area contributed by atoms with Crippen LogP contribution in [0.25, 0.3) is 0 Å². The van der Waals surface area contributed by atoms with Crippen LogP contribution in [0, 0.1) is 0 Å². The molecular weight excluding hydrogens is 198 g/mol. The second kappa shape index (κ2) is 5.15. The number of rotatable bonds is 1. The zero-order chi connectivity index (χ0) is 11.4. The highest BCUT2D eigenvalue weighted by Crippen LogP contribution is 2.18. The number of benzene rings is 1. The minimum absolute atomic E-state index is 0.190. The zero-order valence-corrected chi connectivity index (χ0v) is 9.86. The maximum absolute atomic E-state index is 12.3. The van der Waals surface area contributed by atoms with Crippen molar-refractivity contribution in [2.24, 2.45) is 0 Å². The molecule has 0 aliphatic carbocycles. The molecule has 1 saturated heterocycles. The molecule has 1 aliphatic heterocycles. The molecule has 1 aliphatic rings. The van der Waals surface area contributed by atoms with Crippen molar-refractivity contribution in [3.05, 3.63) is 35.9 Å². The van der Waals surface area contributed by atoms with Gasteiger partial charge in [0.1, 0.15) is 0 Å². The molecule has 1 aromatic rings. The number of carbonyl (C=O) groups is 1. The van der Waals surface area contributed by atoms with Crippen molar-refractivity contribution in [1.82, 2.24) is 4.90 Å². The lowest BCUT2D eigenvalue weighted by Gasteiger charge is -2.27. The van der Waals surface area contributed by atoms with Crippen molar-refractivity contribution < 1.29 is 4.79 Å². The summed E-state index contributed by atoms with van der Waals surface area (Å²) in [5.74, 6) is 0.190. The molecule has 0 radical (unpaired) electrons. The lowest BCUT2D eigenvalue weighted by molar-refractivity contribution is 0.0698. The molecule has 0 aromatic heterocycles. The van der Waals surface area contributed by atoms with E-state index in [1.165, 1.54) is 12.8 Å². The van der Waals surface area contributed by atoms with Gasteiger partial charge < -0.3 is 4.90 Å². The molecule has 16 heavy (non-hydrogen) atoms. The predicted octanol–water partition coefficient (Wildman–Crippen LogP) is 3.09. The van der Waals surface area contributed by atoms with Gasteiger partial charge in [0.25, 0.3) is 5.91 Å². The monoisotopic (exact) mass is 217 g/mol. The van der Waals surface area contributed by atoms with E-state index in [0.717, 1.165) is 24.9 Å². The van der Waals surface area contributed by atoms with Crippen molar-refractivity contribution in [2.45, 2.75) is 38.6 Å². The average Bonchev–Trinajstić information content (AvgIpc) is 2.54. The second-order valence-corrected chi connectivity index (χ2v) is 4.56. The molecule has 1 heterocycles. The van der Waals surface area contributed by atoms with Gasteiger partial charge in [-0.15, -0.1) is 0 Å². The van der Waals surface area contributed by atoms with Gasteiger partial charge in [-0.25, -0.2) is 0 Å². The quantitative estimate of drug-likeness (QED) is 0.708. The van der Waals surface area contributed by atoms with Crippen molar-refractivity contribution in [3.8, 4) is 0 Å². The molecule has 1 atom stereocenters. The normalized spacial score (nSPS) is 21.6. The third-order valence-electron chi connectivity index (χ3n) is 3.33. The molecule has 1 fully saturated rings. The Morgan fingerprint density at radius 3 is 2.69 bits per heavy atom. The highest BCUT2D eigenvalue weighted by Gasteiger charge is 2.22. The fourth-order valence-electron chi connectivity index (χ4n) is 2.32. The maximum Gasteiger partial charge on any atom is 0.254 e. The standard InChI is InChI=1S/C14H19NO/c1-12-8-4-3-7-11-15(12)14(16)13-9-5-2-6-10-13/h2,5-6,9-10,12H,3-4,7-8,11H2,1H3. The minimum atomic E-state index is 0.190. The molecule has 2 heteroatoms. The van der Waals surface area contributed by atoms with Crippen LogP contribution in [0.1, 0.15) is 43.0 Å². The minimum Gasteiger partial charge on any atom is -0.336 e. The Labute approximate surface area is 97.3 Å². The van der Waals surface area contributed by atoms with Crippen LogP contribution in [0.4, 0.5) is 0 Å². The van der Waals surface area contributed by atoms with Crippen molar-refractivity contribution in [2.75, 3.05) is 6.54 Å². The highest BCUT2D eigenvalue weighted by atomic mass is 16.2. The summed E-state index contributed by atoms with van der Waals surface area (Å²) in [5, 5.41) is 0. The van der Waals surface area contributed by atoms with Crippen molar-refractivity contribution in [3.63, 3.8) is 0 Å². The van der Waals surface area contributed by atoms with Gasteiger partial charge in [-0.05, 0) is 31.9 Å². The molecule has 2 nitrogen and oxygen atoms in total. The van der Waals surface area contributed by atoms with Crippen LogP contribution in [0.3, 0.4) is 0 Å². The van der Waals surface area contributed by atoms with E-state index in [2.05, 4.69) is 6.92 Å². The number of hydrogen-bond donors (Lipinski definition) is 0. The summed E-state index contributed by atoms with van der Waals surface area (Å²) >= 11 is 0. The average molecular weight is 217 g/mol. The first-order valence-corrected chi connectivity index (χ1v) is 6.15. The SMILES string of the molecule is CC1CCCCCN1C(=O)c1ccccc1. The van der Waals surface area contributed by atoms with Gasteiger partial charge >= 0.3 is 0 Å². The van der Waals surface area contributed by atoms with Gasteiger partial charge in [-0.3, -0.25) is 4.79 Å². The summed E-state index contributed by atoms with van der Waals surface area (Å²) in [5.41, 5.74) is 0.816. The van der Waals surface area contributed by atoms with E-state index in [1.54, 1.807) is 0 Å². The summed E-state index contributed by atoms with van der Waals surface area (Å²) in [4.78, 5) is 14.3. The van der Waals surface area contributed by atoms with Gasteiger partial charge in [0, 0.05) is 18.2 Å². The highest BCUT2D eigenvalue weighted by molar-refractivity contribution is 5.94. The Hall–Kier alpha value is -1.31. The van der Waals surface area contributed by atoms with Crippen LogP contribution in [0.5, 0.6) is 0 Å². The van der Waals surface area contributed by atoms with E-state index >= 15 is 0 Å². The van der Waals surface area contributed by atoms with Gasteiger partial charge in [-0.1, -0.05) is 31.0 Å². The first-order valence-electron chi connectivity index (χ1n) is 6.15. The lowest BCUT2D eigenvalue weighted by Crippen LogP contribution is -2.38. The van der Waals surface area contributed by atoms with Crippen LogP contribution in [0.2, 0.25) is 0 Å². The maximum atomic E-state index is 12.3. The van der Waals surface area contributed by atoms with Gasteiger partial charge in [0.05, 0.1) is 0 Å². The van der Waals surface area contributed by atoms with E-state index in [1.807, 2.05) is 35.2 Å². The van der Waals surface area contributed by atoms with Crippen LogP contribution in [0.15, 0.2) is 30.3 Å². The summed E-state index contributed by atoms with van der Waals surface area (Å²) in [7, 11) is 0. The van der Waals surface area contributed by atoms with Gasteiger partial charge in [0.15, 0.2) is 0 Å². The summed E-state index contributed by atoms with van der Waals surface area (Å²) in [6.45, 7) is 3.07. The summed E-state index contributed by atoms with van der Waals surface area (Å²) in [6, 6.07) is 9.99.